The standard InChI is InChI=1S/C26H35N3O/c1-6-27-25-23(19-11-15-21(16-12-19)28(7-2)8-3)26(30)24(25)20-13-17-22(18-14-20)29(9-4)10-5/h11-18,23,27H,6-10H2,1-5H3. The lowest BCUT2D eigenvalue weighted by Gasteiger charge is -2.34. The lowest BCUT2D eigenvalue weighted by Crippen LogP contribution is -2.36. The maximum atomic E-state index is 13.2. The van der Waals surface area contributed by atoms with Crippen LogP contribution in [-0.4, -0.2) is 38.5 Å². The number of benzene rings is 2. The minimum Gasteiger partial charge on any atom is -0.387 e. The highest BCUT2D eigenvalue weighted by Gasteiger charge is 2.40. The molecule has 1 unspecified atom stereocenters. The molecule has 1 aliphatic carbocycles. The number of carbonyl (C=O) groups is 1. The van der Waals surface area contributed by atoms with E-state index in [1.54, 1.807) is 0 Å². The molecular formula is C26H35N3O. The van der Waals surface area contributed by atoms with Crippen molar-refractivity contribution < 1.29 is 4.79 Å². The van der Waals surface area contributed by atoms with E-state index in [0.717, 1.165) is 55.1 Å². The number of nitrogens with one attached hydrogen (secondary N) is 1. The van der Waals surface area contributed by atoms with E-state index in [2.05, 4.69) is 98.3 Å². The molecule has 4 nitrogen and oxygen atoms in total. The van der Waals surface area contributed by atoms with Gasteiger partial charge in [0.05, 0.1) is 5.92 Å². The number of ketones is 1. The molecule has 160 valence electrons. The number of nitrogens with zero attached hydrogens (tertiary/aromatic N) is 2. The third-order valence-corrected chi connectivity index (χ3v) is 6.07. The van der Waals surface area contributed by atoms with E-state index in [4.69, 9.17) is 0 Å². The first kappa shape index (κ1) is 21.9. The quantitative estimate of drug-likeness (QED) is 0.599. The molecule has 0 bridgehead atoms. The first-order valence-electron chi connectivity index (χ1n) is 11.3. The number of Topliss-reactive ketones (excluding diaryl/α,β-unsaturated/α-hetero) is 1. The molecule has 0 aromatic heterocycles. The second kappa shape index (κ2) is 9.84. The predicted octanol–water partition coefficient (Wildman–Crippen LogP) is 5.07. The maximum Gasteiger partial charge on any atom is 0.178 e. The molecule has 0 fully saturated rings. The van der Waals surface area contributed by atoms with E-state index in [-0.39, 0.29) is 11.7 Å². The smallest absolute Gasteiger partial charge is 0.178 e. The molecule has 0 amide bonds. The zero-order chi connectivity index (χ0) is 21.7. The van der Waals surface area contributed by atoms with Crippen LogP contribution >= 0.6 is 0 Å². The molecule has 0 saturated carbocycles. The van der Waals surface area contributed by atoms with Crippen LogP contribution in [0, 0.1) is 0 Å². The van der Waals surface area contributed by atoms with Crippen LogP contribution in [0.1, 0.15) is 51.7 Å². The van der Waals surface area contributed by atoms with Crippen molar-refractivity contribution in [2.75, 3.05) is 42.5 Å². The molecule has 1 aliphatic rings. The van der Waals surface area contributed by atoms with Crippen molar-refractivity contribution in [1.82, 2.24) is 5.32 Å². The van der Waals surface area contributed by atoms with Crippen molar-refractivity contribution in [1.29, 1.82) is 0 Å². The lowest BCUT2D eigenvalue weighted by atomic mass is 9.73. The number of hydrogen-bond donors (Lipinski definition) is 1. The third kappa shape index (κ3) is 4.09. The fourth-order valence-electron chi connectivity index (χ4n) is 4.37. The van der Waals surface area contributed by atoms with Crippen LogP contribution < -0.4 is 15.1 Å². The zero-order valence-electron chi connectivity index (χ0n) is 19.0. The van der Waals surface area contributed by atoms with E-state index < -0.39 is 0 Å². The highest BCUT2D eigenvalue weighted by Crippen LogP contribution is 2.43. The van der Waals surface area contributed by atoms with E-state index in [1.165, 1.54) is 11.4 Å². The van der Waals surface area contributed by atoms with Gasteiger partial charge in [0.2, 0.25) is 0 Å². The minimum atomic E-state index is -0.187. The summed E-state index contributed by atoms with van der Waals surface area (Å²) < 4.78 is 0. The fourth-order valence-corrected chi connectivity index (χ4v) is 4.37. The third-order valence-electron chi connectivity index (χ3n) is 6.07. The number of hydrogen-bond acceptors (Lipinski definition) is 4. The van der Waals surface area contributed by atoms with Gasteiger partial charge in [-0.05, 0) is 70.0 Å². The van der Waals surface area contributed by atoms with Gasteiger partial charge < -0.3 is 15.1 Å². The fraction of sp³-hybridized carbons (Fsp3) is 0.423. The van der Waals surface area contributed by atoms with Crippen molar-refractivity contribution in [2.24, 2.45) is 0 Å². The highest BCUT2D eigenvalue weighted by molar-refractivity contribution is 6.32. The van der Waals surface area contributed by atoms with Crippen molar-refractivity contribution in [3.8, 4) is 0 Å². The Balaban J connectivity index is 1.89. The molecule has 1 N–H and O–H groups in total. The Bertz CT molecular complexity index is 875. The molecule has 0 radical (unpaired) electrons. The molecule has 0 aliphatic heterocycles. The number of likely N-dealkylation sites (N-methyl/N-ethyl adjacent to an activating group) is 1. The maximum absolute atomic E-state index is 13.2. The van der Waals surface area contributed by atoms with Gasteiger partial charge in [0, 0.05) is 55.4 Å². The Morgan fingerprint density at radius 2 is 1.20 bits per heavy atom. The van der Waals surface area contributed by atoms with Crippen LogP contribution in [0.25, 0.3) is 5.57 Å². The van der Waals surface area contributed by atoms with Crippen molar-refractivity contribution in [3.05, 3.63) is 65.4 Å². The molecular weight excluding hydrogens is 370 g/mol. The van der Waals surface area contributed by atoms with E-state index in [0.29, 0.717) is 0 Å². The predicted molar refractivity (Wildman–Crippen MR) is 128 cm³/mol. The molecule has 0 spiro atoms. The Morgan fingerprint density at radius 3 is 1.63 bits per heavy atom. The minimum absolute atomic E-state index is 0.187. The highest BCUT2D eigenvalue weighted by atomic mass is 16.1. The summed E-state index contributed by atoms with van der Waals surface area (Å²) in [5.41, 5.74) is 6.36. The van der Waals surface area contributed by atoms with Gasteiger partial charge in [0.15, 0.2) is 5.78 Å². The van der Waals surface area contributed by atoms with Crippen LogP contribution in [0.4, 0.5) is 11.4 Å². The Labute approximate surface area is 181 Å². The second-order valence-corrected chi connectivity index (χ2v) is 7.60. The summed E-state index contributed by atoms with van der Waals surface area (Å²) in [5, 5.41) is 3.47. The van der Waals surface area contributed by atoms with Crippen LogP contribution in [0.3, 0.4) is 0 Å². The largest absolute Gasteiger partial charge is 0.387 e. The number of carbonyl (C=O) groups excluding carboxylic acids is 1. The van der Waals surface area contributed by atoms with Gasteiger partial charge >= 0.3 is 0 Å². The van der Waals surface area contributed by atoms with Crippen LogP contribution in [0.2, 0.25) is 0 Å². The summed E-state index contributed by atoms with van der Waals surface area (Å²) in [6.45, 7) is 15.5. The zero-order valence-corrected chi connectivity index (χ0v) is 19.0. The van der Waals surface area contributed by atoms with Gasteiger partial charge in [0.1, 0.15) is 0 Å². The normalized spacial score (nSPS) is 15.8. The molecule has 2 aromatic rings. The average Bonchev–Trinajstić information content (AvgIpc) is 2.77. The average molecular weight is 406 g/mol. The lowest BCUT2D eigenvalue weighted by molar-refractivity contribution is -0.115. The van der Waals surface area contributed by atoms with Gasteiger partial charge in [-0.2, -0.15) is 0 Å². The number of allylic oxidation sites excluding steroid dienone is 2. The van der Waals surface area contributed by atoms with Crippen molar-refractivity contribution >= 4 is 22.7 Å². The van der Waals surface area contributed by atoms with Crippen molar-refractivity contribution in [2.45, 2.75) is 40.5 Å². The van der Waals surface area contributed by atoms with Crippen molar-refractivity contribution in [3.63, 3.8) is 0 Å². The molecule has 0 heterocycles. The summed E-state index contributed by atoms with van der Waals surface area (Å²) in [6, 6.07) is 16.9. The van der Waals surface area contributed by atoms with E-state index >= 15 is 0 Å². The molecule has 30 heavy (non-hydrogen) atoms. The van der Waals surface area contributed by atoms with Gasteiger partial charge in [-0.1, -0.05) is 24.3 Å². The number of rotatable bonds is 10. The molecule has 4 heteroatoms. The van der Waals surface area contributed by atoms with Gasteiger partial charge in [-0.25, -0.2) is 0 Å². The molecule has 0 saturated heterocycles. The first-order chi connectivity index (χ1) is 14.6. The van der Waals surface area contributed by atoms with E-state index in [1.807, 2.05) is 0 Å². The number of anilines is 2. The Hall–Kier alpha value is -2.75. The summed E-state index contributed by atoms with van der Waals surface area (Å²) in [7, 11) is 0. The van der Waals surface area contributed by atoms with Crippen LogP contribution in [0.15, 0.2) is 54.2 Å². The Morgan fingerprint density at radius 1 is 0.733 bits per heavy atom. The monoisotopic (exact) mass is 405 g/mol. The first-order valence-corrected chi connectivity index (χ1v) is 11.3. The SMILES string of the molecule is CCNC1=C(c2ccc(N(CC)CC)cc2)C(=O)C1c1ccc(N(CC)CC)cc1. The van der Waals surface area contributed by atoms with Gasteiger partial charge in [0.25, 0.3) is 0 Å². The van der Waals surface area contributed by atoms with Gasteiger partial charge in [-0.15, -0.1) is 0 Å². The van der Waals surface area contributed by atoms with Crippen LogP contribution in [-0.2, 0) is 4.79 Å². The second-order valence-electron chi connectivity index (χ2n) is 7.60. The Kier molecular flexibility index (Phi) is 7.20. The van der Waals surface area contributed by atoms with E-state index in [9.17, 15) is 4.79 Å². The summed E-state index contributed by atoms with van der Waals surface area (Å²) >= 11 is 0. The topological polar surface area (TPSA) is 35.6 Å². The molecule has 1 atom stereocenters. The molecule has 3 rings (SSSR count). The summed E-state index contributed by atoms with van der Waals surface area (Å²) in [6.07, 6.45) is 0. The molecule has 2 aromatic carbocycles. The summed E-state index contributed by atoms with van der Waals surface area (Å²) in [5.74, 6) is 0.0188. The van der Waals surface area contributed by atoms with Crippen LogP contribution in [0.5, 0.6) is 0 Å². The van der Waals surface area contributed by atoms with Gasteiger partial charge in [-0.3, -0.25) is 4.79 Å². The summed E-state index contributed by atoms with van der Waals surface area (Å²) in [4.78, 5) is 17.8.